The van der Waals surface area contributed by atoms with Gasteiger partial charge in [0, 0.05) is 75.0 Å². The summed E-state index contributed by atoms with van der Waals surface area (Å²) in [5, 5.41) is 29.5. The minimum absolute atomic E-state index is 0.0594. The van der Waals surface area contributed by atoms with Crippen LogP contribution in [0.25, 0.3) is 22.0 Å². The number of pyridine rings is 2. The molecular weight excluding hydrogens is 640 g/mol. The topological polar surface area (TPSA) is 123 Å². The summed E-state index contributed by atoms with van der Waals surface area (Å²) in [6.07, 6.45) is 7.64. The quantitative estimate of drug-likeness (QED) is 0.212. The van der Waals surface area contributed by atoms with E-state index in [0.717, 1.165) is 109 Å². The second-order valence-electron chi connectivity index (χ2n) is 14.6. The van der Waals surface area contributed by atoms with Crippen LogP contribution in [-0.2, 0) is 19.5 Å². The average Bonchev–Trinajstić information content (AvgIpc) is 3.95. The number of aromatic nitrogens is 4. The van der Waals surface area contributed by atoms with E-state index in [1.807, 2.05) is 40.2 Å². The van der Waals surface area contributed by atoms with Crippen LogP contribution in [0.3, 0.4) is 0 Å². The largest absolute Gasteiger partial charge is 0.392 e. The fourth-order valence-corrected chi connectivity index (χ4v) is 8.71. The number of likely N-dealkylation sites (tertiary alicyclic amines) is 2. The van der Waals surface area contributed by atoms with Crippen molar-refractivity contribution in [3.8, 4) is 11.1 Å². The van der Waals surface area contributed by atoms with E-state index in [-0.39, 0.29) is 24.2 Å². The Bertz CT molecular complexity index is 2130. The lowest BCUT2D eigenvalue weighted by atomic mass is 9.93. The van der Waals surface area contributed by atoms with Gasteiger partial charge in [-0.2, -0.15) is 5.10 Å². The van der Waals surface area contributed by atoms with Crippen molar-refractivity contribution >= 4 is 34.0 Å². The Morgan fingerprint density at radius 3 is 2.61 bits per heavy atom. The molecule has 51 heavy (non-hydrogen) atoms. The third-order valence-corrected chi connectivity index (χ3v) is 11.3. The molecule has 3 aromatic heterocycles. The van der Waals surface area contributed by atoms with Crippen molar-refractivity contribution in [1.29, 1.82) is 0 Å². The maximum atomic E-state index is 14.1. The van der Waals surface area contributed by atoms with Crippen LogP contribution in [-0.4, -0.2) is 90.6 Å². The van der Waals surface area contributed by atoms with Gasteiger partial charge in [-0.25, -0.2) is 4.98 Å². The van der Waals surface area contributed by atoms with Gasteiger partial charge >= 0.3 is 0 Å². The Morgan fingerprint density at radius 1 is 0.922 bits per heavy atom. The lowest BCUT2D eigenvalue weighted by Gasteiger charge is -2.31. The molecule has 0 saturated carbocycles. The van der Waals surface area contributed by atoms with Crippen molar-refractivity contribution in [3.05, 3.63) is 95.1 Å². The number of aryl methyl sites for hydroxylation is 1. The fourth-order valence-electron chi connectivity index (χ4n) is 8.71. The number of aliphatic hydroxyl groups is 2. The third kappa shape index (κ3) is 5.97. The number of aliphatic hydroxyl groups excluding tert-OH is 2. The average molecular weight is 685 g/mol. The minimum Gasteiger partial charge on any atom is -0.392 e. The Hall–Kier alpha value is -4.68. The molecule has 2 aromatic carbocycles. The summed E-state index contributed by atoms with van der Waals surface area (Å²) in [6.45, 7) is 7.48. The van der Waals surface area contributed by atoms with Gasteiger partial charge in [-0.3, -0.25) is 24.3 Å². The van der Waals surface area contributed by atoms with Crippen LogP contribution in [0.5, 0.6) is 0 Å². The standard InChI is InChI=1S/C40H44N8O3/c1-25-30(5-2-7-33(25)43-39-38-27(10-14-41-39)19-26(21-42-38)22-45-16-11-28(49)23-45)31-6-3-8-35-32(31)13-18-47(35)40(51)34-20-37-36(9-4-15-48(37)44-34)46-17-12-29(50)24-46/h2-3,5-8,10,14,19-21,28-29,36,49-50H,4,9,11-13,15-18,22-24H2,1H3,(H,41,43)/t28-,29-,36?/m1/s1. The Labute approximate surface area is 297 Å². The molecule has 4 aliphatic heterocycles. The van der Waals surface area contributed by atoms with E-state index >= 15 is 0 Å². The molecule has 2 saturated heterocycles. The predicted molar refractivity (Wildman–Crippen MR) is 197 cm³/mol. The number of nitrogens with one attached hydrogen (secondary N) is 1. The highest BCUT2D eigenvalue weighted by molar-refractivity contribution is 6.07. The van der Waals surface area contributed by atoms with E-state index in [0.29, 0.717) is 31.1 Å². The Kier molecular flexibility index (Phi) is 8.30. The van der Waals surface area contributed by atoms with Crippen LogP contribution < -0.4 is 10.2 Å². The van der Waals surface area contributed by atoms with Crippen molar-refractivity contribution in [1.82, 2.24) is 29.5 Å². The number of nitrogens with zero attached hydrogens (tertiary/aromatic N) is 7. The van der Waals surface area contributed by atoms with E-state index in [4.69, 9.17) is 10.1 Å². The molecule has 11 heteroatoms. The van der Waals surface area contributed by atoms with Gasteiger partial charge in [0.2, 0.25) is 0 Å². The van der Waals surface area contributed by atoms with Crippen molar-refractivity contribution in [2.75, 3.05) is 42.9 Å². The smallest absolute Gasteiger partial charge is 0.278 e. The van der Waals surface area contributed by atoms with Crippen LogP contribution >= 0.6 is 0 Å². The molecule has 5 aromatic rings. The molecule has 9 rings (SSSR count). The zero-order valence-corrected chi connectivity index (χ0v) is 29.0. The second kappa shape index (κ2) is 13.1. The highest BCUT2D eigenvalue weighted by Gasteiger charge is 2.35. The molecule has 11 nitrogen and oxygen atoms in total. The number of β-amino-alcohol motifs (C(OH)–C–C–N with tert-alkyl or cyclic N) is 2. The lowest BCUT2D eigenvalue weighted by molar-refractivity contribution is 0.0983. The van der Waals surface area contributed by atoms with Crippen LogP contribution in [0.4, 0.5) is 17.2 Å². The second-order valence-corrected chi connectivity index (χ2v) is 14.6. The lowest BCUT2D eigenvalue weighted by Crippen LogP contribution is -2.32. The van der Waals surface area contributed by atoms with Crippen LogP contribution in [0.2, 0.25) is 0 Å². The minimum atomic E-state index is -0.276. The molecule has 3 atom stereocenters. The van der Waals surface area contributed by atoms with Crippen molar-refractivity contribution in [3.63, 3.8) is 0 Å². The number of carbonyl (C=O) groups is 1. The Balaban J connectivity index is 0.966. The molecule has 4 aliphatic rings. The van der Waals surface area contributed by atoms with Gasteiger partial charge in [0.1, 0.15) is 5.52 Å². The number of carbonyl (C=O) groups excluding carboxylic acids is 1. The zero-order chi connectivity index (χ0) is 34.6. The molecule has 0 aliphatic carbocycles. The summed E-state index contributed by atoms with van der Waals surface area (Å²) in [5.74, 6) is 0.646. The van der Waals surface area contributed by atoms with Crippen molar-refractivity contribution in [2.45, 2.75) is 70.4 Å². The first-order chi connectivity index (χ1) is 24.9. The molecule has 0 spiro atoms. The maximum Gasteiger partial charge on any atom is 0.278 e. The number of hydrogen-bond acceptors (Lipinski definition) is 9. The molecule has 0 bridgehead atoms. The summed E-state index contributed by atoms with van der Waals surface area (Å²) in [4.78, 5) is 30.1. The first kappa shape index (κ1) is 32.2. The number of amides is 1. The Morgan fingerprint density at radius 2 is 1.76 bits per heavy atom. The molecule has 1 amide bonds. The normalized spacial score (nSPS) is 22.1. The summed E-state index contributed by atoms with van der Waals surface area (Å²) < 4.78 is 2.02. The first-order valence-corrected chi connectivity index (χ1v) is 18.3. The molecular formula is C40H44N8O3. The highest BCUT2D eigenvalue weighted by atomic mass is 16.3. The van der Waals surface area contributed by atoms with Crippen LogP contribution in [0.15, 0.2) is 67.0 Å². The molecule has 7 heterocycles. The molecule has 1 unspecified atom stereocenters. The first-order valence-electron chi connectivity index (χ1n) is 18.3. The molecule has 0 radical (unpaired) electrons. The fraction of sp³-hybridized carbons (Fsp3) is 0.400. The van der Waals surface area contributed by atoms with Gasteiger partial charge in [-0.15, -0.1) is 0 Å². The van der Waals surface area contributed by atoms with Gasteiger partial charge in [-0.05, 0) is 97.2 Å². The van der Waals surface area contributed by atoms with E-state index in [9.17, 15) is 15.0 Å². The highest BCUT2D eigenvalue weighted by Crippen LogP contribution is 2.41. The van der Waals surface area contributed by atoms with E-state index in [1.54, 1.807) is 0 Å². The number of benzene rings is 2. The third-order valence-electron chi connectivity index (χ3n) is 11.3. The summed E-state index contributed by atoms with van der Waals surface area (Å²) in [6, 6.07) is 18.9. The van der Waals surface area contributed by atoms with Gasteiger partial charge in [0.15, 0.2) is 11.5 Å². The van der Waals surface area contributed by atoms with Gasteiger partial charge < -0.3 is 20.4 Å². The van der Waals surface area contributed by atoms with E-state index in [1.165, 1.54) is 5.56 Å². The van der Waals surface area contributed by atoms with Gasteiger partial charge in [0.05, 0.1) is 23.9 Å². The predicted octanol–water partition coefficient (Wildman–Crippen LogP) is 5.22. The van der Waals surface area contributed by atoms with Crippen molar-refractivity contribution in [2.24, 2.45) is 0 Å². The summed E-state index contributed by atoms with van der Waals surface area (Å²) in [7, 11) is 0. The van der Waals surface area contributed by atoms with Crippen LogP contribution in [0, 0.1) is 6.92 Å². The monoisotopic (exact) mass is 684 g/mol. The zero-order valence-electron chi connectivity index (χ0n) is 29.0. The summed E-state index contributed by atoms with van der Waals surface area (Å²) in [5.41, 5.74) is 9.92. The van der Waals surface area contributed by atoms with Crippen LogP contribution in [0.1, 0.15) is 64.6 Å². The molecule has 2 fully saturated rings. The SMILES string of the molecule is Cc1c(Nc2nccc3cc(CN4CC[C@@H](O)C4)cnc23)cccc1-c1cccc2c1CCN2C(=O)c1cc2n(n1)CCCC2N1CC[C@@H](O)C1. The number of rotatable bonds is 7. The molecule has 3 N–H and O–H groups in total. The van der Waals surface area contributed by atoms with Crippen molar-refractivity contribution < 1.29 is 15.0 Å². The molecule has 262 valence electrons. The number of hydrogen-bond donors (Lipinski definition) is 3. The maximum absolute atomic E-state index is 14.1. The van der Waals surface area contributed by atoms with E-state index < -0.39 is 0 Å². The summed E-state index contributed by atoms with van der Waals surface area (Å²) >= 11 is 0. The number of fused-ring (bicyclic) bond motifs is 3. The van der Waals surface area contributed by atoms with E-state index in [2.05, 4.69) is 63.4 Å². The van der Waals surface area contributed by atoms with Gasteiger partial charge in [-0.1, -0.05) is 24.3 Å². The number of anilines is 3. The van der Waals surface area contributed by atoms with Gasteiger partial charge in [0.25, 0.3) is 5.91 Å².